The average Bonchev–Trinajstić information content (AvgIpc) is 2.63. The third-order valence-corrected chi connectivity index (χ3v) is 7.13. The zero-order valence-corrected chi connectivity index (χ0v) is 17.1. The Hall–Kier alpha value is -1.60. The molecule has 2 aromatic carbocycles. The molecule has 1 heterocycles. The summed E-state index contributed by atoms with van der Waals surface area (Å²) in [6, 6.07) is 11.8. The number of nitrogens with one attached hydrogen (secondary N) is 1. The van der Waals surface area contributed by atoms with Gasteiger partial charge in [-0.05, 0) is 55.7 Å². The van der Waals surface area contributed by atoms with Crippen molar-refractivity contribution in [3.05, 3.63) is 58.1 Å². The Balaban J connectivity index is 1.77. The number of benzene rings is 2. The number of hydrogen-bond donors (Lipinski definition) is 1. The predicted molar refractivity (Wildman–Crippen MR) is 108 cm³/mol. The Morgan fingerprint density at radius 1 is 1.19 bits per heavy atom. The van der Waals surface area contributed by atoms with Crippen LogP contribution in [0, 0.1) is 12.8 Å². The number of carbonyl (C=O) groups is 1. The fraction of sp³-hybridized carbons (Fsp3) is 0.316. The molecule has 1 atom stereocenters. The van der Waals surface area contributed by atoms with Crippen LogP contribution in [0.25, 0.3) is 0 Å². The zero-order valence-electron chi connectivity index (χ0n) is 14.8. The lowest BCUT2D eigenvalue weighted by atomic mass is 9.98. The summed E-state index contributed by atoms with van der Waals surface area (Å²) in [4.78, 5) is 12.6. The van der Waals surface area contributed by atoms with Crippen LogP contribution in [0.15, 0.2) is 47.4 Å². The molecule has 0 aliphatic carbocycles. The Morgan fingerprint density at radius 2 is 1.96 bits per heavy atom. The lowest BCUT2D eigenvalue weighted by Crippen LogP contribution is -2.43. The molecule has 0 radical (unpaired) electrons. The number of nitrogens with zero attached hydrogens (tertiary/aromatic N) is 1. The molecule has 3 rings (SSSR count). The van der Waals surface area contributed by atoms with E-state index in [-0.39, 0.29) is 22.4 Å². The molecule has 0 saturated carbocycles. The number of anilines is 1. The van der Waals surface area contributed by atoms with E-state index in [9.17, 15) is 13.2 Å². The Bertz CT molecular complexity index is 963. The number of carbonyl (C=O) groups excluding carboxylic acids is 1. The highest BCUT2D eigenvalue weighted by Crippen LogP contribution is 2.30. The van der Waals surface area contributed by atoms with E-state index in [1.807, 2.05) is 31.2 Å². The molecular weight excluding hydrogens is 407 g/mol. The minimum absolute atomic E-state index is 0.0311. The van der Waals surface area contributed by atoms with E-state index in [1.54, 1.807) is 0 Å². The van der Waals surface area contributed by atoms with E-state index in [2.05, 4.69) is 5.32 Å². The first-order valence-electron chi connectivity index (χ1n) is 8.60. The first-order chi connectivity index (χ1) is 12.8. The van der Waals surface area contributed by atoms with Gasteiger partial charge in [0.05, 0.1) is 10.9 Å². The fourth-order valence-electron chi connectivity index (χ4n) is 3.16. The monoisotopic (exact) mass is 426 g/mol. The maximum Gasteiger partial charge on any atom is 0.244 e. The van der Waals surface area contributed by atoms with Gasteiger partial charge in [-0.15, -0.1) is 0 Å². The number of halogens is 2. The molecule has 1 aliphatic heterocycles. The van der Waals surface area contributed by atoms with Crippen LogP contribution in [0.4, 0.5) is 5.69 Å². The van der Waals surface area contributed by atoms with E-state index >= 15 is 0 Å². The van der Waals surface area contributed by atoms with Crippen molar-refractivity contribution >= 4 is 44.8 Å². The van der Waals surface area contributed by atoms with Crippen molar-refractivity contribution in [2.45, 2.75) is 24.7 Å². The lowest BCUT2D eigenvalue weighted by molar-refractivity contribution is -0.120. The second-order valence-electron chi connectivity index (χ2n) is 6.64. The summed E-state index contributed by atoms with van der Waals surface area (Å²) in [7, 11) is -3.82. The topological polar surface area (TPSA) is 66.5 Å². The molecule has 5 nitrogen and oxygen atoms in total. The molecule has 1 fully saturated rings. The van der Waals surface area contributed by atoms with E-state index in [0.29, 0.717) is 30.1 Å². The summed E-state index contributed by atoms with van der Waals surface area (Å²) in [5, 5.41) is 3.29. The Labute approximate surface area is 169 Å². The van der Waals surface area contributed by atoms with Gasteiger partial charge in [-0.25, -0.2) is 8.42 Å². The van der Waals surface area contributed by atoms with Crippen LogP contribution in [0.5, 0.6) is 0 Å². The number of amides is 1. The summed E-state index contributed by atoms with van der Waals surface area (Å²) >= 11 is 12.0. The maximum absolute atomic E-state index is 13.0. The molecule has 1 saturated heterocycles. The van der Waals surface area contributed by atoms with Crippen molar-refractivity contribution in [2.24, 2.45) is 5.92 Å². The Kier molecular flexibility index (Phi) is 6.11. The second-order valence-corrected chi connectivity index (χ2v) is 9.39. The van der Waals surface area contributed by atoms with Crippen LogP contribution in [-0.2, 0) is 14.8 Å². The molecule has 1 N–H and O–H groups in total. The maximum atomic E-state index is 13.0. The second kappa shape index (κ2) is 8.19. The van der Waals surface area contributed by atoms with E-state index < -0.39 is 15.9 Å². The molecule has 144 valence electrons. The van der Waals surface area contributed by atoms with Crippen LogP contribution in [0.3, 0.4) is 0 Å². The SMILES string of the molecule is Cc1cccc(NC(=O)[C@@H]2CCCN(S(=O)(=O)c3cc(Cl)ccc3Cl)C2)c1. The summed E-state index contributed by atoms with van der Waals surface area (Å²) < 4.78 is 27.3. The molecule has 27 heavy (non-hydrogen) atoms. The molecule has 1 aliphatic rings. The standard InChI is InChI=1S/C19H20Cl2N2O3S/c1-13-4-2-6-16(10-13)22-19(24)14-5-3-9-23(12-14)27(25,26)18-11-15(20)7-8-17(18)21/h2,4,6-8,10-11,14H,3,5,9,12H2,1H3,(H,22,24)/t14-/m1/s1. The molecule has 0 spiro atoms. The van der Waals surface area contributed by atoms with Crippen LogP contribution in [-0.4, -0.2) is 31.7 Å². The first-order valence-corrected chi connectivity index (χ1v) is 10.8. The first kappa shape index (κ1) is 20.1. The van der Waals surface area contributed by atoms with Gasteiger partial charge >= 0.3 is 0 Å². The smallest absolute Gasteiger partial charge is 0.244 e. The number of hydrogen-bond acceptors (Lipinski definition) is 3. The predicted octanol–water partition coefficient (Wildman–Crippen LogP) is 4.34. The fourth-order valence-corrected chi connectivity index (χ4v) is 5.42. The third kappa shape index (κ3) is 4.63. The highest BCUT2D eigenvalue weighted by molar-refractivity contribution is 7.89. The minimum atomic E-state index is -3.82. The van der Waals surface area contributed by atoms with Crippen LogP contribution in [0.1, 0.15) is 18.4 Å². The van der Waals surface area contributed by atoms with Crippen LogP contribution >= 0.6 is 23.2 Å². The van der Waals surface area contributed by atoms with E-state index in [4.69, 9.17) is 23.2 Å². The molecule has 0 bridgehead atoms. The number of rotatable bonds is 4. The molecule has 1 amide bonds. The molecule has 2 aromatic rings. The molecule has 0 unspecified atom stereocenters. The summed E-state index contributed by atoms with van der Waals surface area (Å²) in [6.07, 6.45) is 1.23. The van der Waals surface area contributed by atoms with Crippen molar-refractivity contribution in [3.8, 4) is 0 Å². The summed E-state index contributed by atoms with van der Waals surface area (Å²) in [5.74, 6) is -0.607. The van der Waals surface area contributed by atoms with Gasteiger partial charge in [-0.2, -0.15) is 4.31 Å². The van der Waals surface area contributed by atoms with E-state index in [1.165, 1.54) is 22.5 Å². The number of piperidine rings is 1. The Morgan fingerprint density at radius 3 is 2.70 bits per heavy atom. The highest BCUT2D eigenvalue weighted by atomic mass is 35.5. The lowest BCUT2D eigenvalue weighted by Gasteiger charge is -2.31. The molecular formula is C19H20Cl2N2O3S. The zero-order chi connectivity index (χ0) is 19.6. The van der Waals surface area contributed by atoms with Gasteiger partial charge in [-0.1, -0.05) is 35.3 Å². The van der Waals surface area contributed by atoms with Crippen LogP contribution in [0.2, 0.25) is 10.0 Å². The van der Waals surface area contributed by atoms with Crippen molar-refractivity contribution in [2.75, 3.05) is 18.4 Å². The number of sulfonamides is 1. The van der Waals surface area contributed by atoms with Gasteiger partial charge < -0.3 is 5.32 Å². The van der Waals surface area contributed by atoms with Gasteiger partial charge in [0.15, 0.2) is 0 Å². The molecule has 8 heteroatoms. The largest absolute Gasteiger partial charge is 0.326 e. The van der Waals surface area contributed by atoms with Gasteiger partial charge in [0.25, 0.3) is 0 Å². The normalized spacial score (nSPS) is 18.3. The quantitative estimate of drug-likeness (QED) is 0.790. The summed E-state index contributed by atoms with van der Waals surface area (Å²) in [5.41, 5.74) is 1.74. The van der Waals surface area contributed by atoms with Gasteiger partial charge in [0.2, 0.25) is 15.9 Å². The molecule has 0 aromatic heterocycles. The average molecular weight is 427 g/mol. The van der Waals surface area contributed by atoms with Crippen molar-refractivity contribution < 1.29 is 13.2 Å². The third-order valence-electron chi connectivity index (χ3n) is 4.55. The van der Waals surface area contributed by atoms with Gasteiger partial charge in [-0.3, -0.25) is 4.79 Å². The van der Waals surface area contributed by atoms with Crippen molar-refractivity contribution in [1.82, 2.24) is 4.31 Å². The van der Waals surface area contributed by atoms with Crippen molar-refractivity contribution in [3.63, 3.8) is 0 Å². The highest BCUT2D eigenvalue weighted by Gasteiger charge is 2.34. The van der Waals surface area contributed by atoms with Crippen molar-refractivity contribution in [1.29, 1.82) is 0 Å². The number of aryl methyl sites for hydroxylation is 1. The van der Waals surface area contributed by atoms with E-state index in [0.717, 1.165) is 5.56 Å². The van der Waals surface area contributed by atoms with Gasteiger partial charge in [0, 0.05) is 23.8 Å². The minimum Gasteiger partial charge on any atom is -0.326 e. The van der Waals surface area contributed by atoms with Crippen LogP contribution < -0.4 is 5.32 Å². The van der Waals surface area contributed by atoms with Gasteiger partial charge in [0.1, 0.15) is 4.90 Å². The summed E-state index contributed by atoms with van der Waals surface area (Å²) in [6.45, 7) is 2.40.